The topological polar surface area (TPSA) is 67.5 Å². The summed E-state index contributed by atoms with van der Waals surface area (Å²) in [6.07, 6.45) is 2.99. The lowest BCUT2D eigenvalue weighted by Crippen LogP contribution is -2.53. The van der Waals surface area contributed by atoms with Crippen LogP contribution in [0.15, 0.2) is 18.2 Å². The van der Waals surface area contributed by atoms with E-state index in [4.69, 9.17) is 10.5 Å². The number of hydrogen-bond acceptors (Lipinski definition) is 4. The molecular formula is C13H18N2O2. The van der Waals surface area contributed by atoms with Crippen LogP contribution in [0.25, 0.3) is 0 Å². The lowest BCUT2D eigenvalue weighted by molar-refractivity contribution is 0.0135. The number of ether oxygens (including phenoxy) is 1. The van der Waals surface area contributed by atoms with Crippen LogP contribution < -0.4 is 15.8 Å². The number of benzene rings is 1. The van der Waals surface area contributed by atoms with Crippen molar-refractivity contribution in [3.05, 3.63) is 23.8 Å². The molecule has 17 heavy (non-hydrogen) atoms. The summed E-state index contributed by atoms with van der Waals surface area (Å²) in [5, 5.41) is 12.9. The maximum absolute atomic E-state index is 9.52. The maximum Gasteiger partial charge on any atom is 0.128 e. The third-order valence-electron chi connectivity index (χ3n) is 3.75. The first kappa shape index (κ1) is 10.9. The van der Waals surface area contributed by atoms with Crippen molar-refractivity contribution in [1.82, 2.24) is 5.32 Å². The smallest absolute Gasteiger partial charge is 0.128 e. The highest BCUT2D eigenvalue weighted by Gasteiger charge is 2.40. The molecule has 4 nitrogen and oxygen atoms in total. The molecule has 2 unspecified atom stereocenters. The van der Waals surface area contributed by atoms with Crippen LogP contribution in [0.1, 0.15) is 30.9 Å². The Morgan fingerprint density at radius 2 is 2.35 bits per heavy atom. The minimum atomic E-state index is -0.182. The lowest BCUT2D eigenvalue weighted by Gasteiger charge is -2.43. The van der Waals surface area contributed by atoms with Crippen LogP contribution in [0, 0.1) is 0 Å². The van der Waals surface area contributed by atoms with Gasteiger partial charge in [-0.2, -0.15) is 0 Å². The number of piperidine rings is 1. The van der Waals surface area contributed by atoms with Gasteiger partial charge in [-0.15, -0.1) is 0 Å². The van der Waals surface area contributed by atoms with Crippen LogP contribution in [0.2, 0.25) is 0 Å². The minimum absolute atomic E-state index is 0.000694. The molecule has 4 heteroatoms. The van der Waals surface area contributed by atoms with Crippen molar-refractivity contribution in [2.45, 2.75) is 30.9 Å². The number of fused-ring (bicyclic) bond motifs is 1. The number of phenolic OH excluding ortho intramolecular Hbond substituents is 1. The zero-order valence-electron chi connectivity index (χ0n) is 9.78. The van der Waals surface area contributed by atoms with E-state index < -0.39 is 0 Å². The van der Waals surface area contributed by atoms with Gasteiger partial charge in [0.25, 0.3) is 0 Å². The van der Waals surface area contributed by atoms with Crippen LogP contribution >= 0.6 is 0 Å². The van der Waals surface area contributed by atoms with Crippen molar-refractivity contribution >= 4 is 0 Å². The highest BCUT2D eigenvalue weighted by Crippen LogP contribution is 2.42. The Morgan fingerprint density at radius 3 is 3.12 bits per heavy atom. The number of nitrogens with two attached hydrogens (primary N) is 1. The van der Waals surface area contributed by atoms with E-state index in [0.29, 0.717) is 0 Å². The fraction of sp³-hybridized carbons (Fsp3) is 0.538. The molecule has 0 radical (unpaired) electrons. The number of aromatic hydroxyl groups is 1. The number of rotatable bonds is 0. The number of nitrogens with one attached hydrogen (secondary N) is 1. The summed E-state index contributed by atoms with van der Waals surface area (Å²) in [6, 6.07) is 5.20. The Hall–Kier alpha value is -1.26. The first-order valence-electron chi connectivity index (χ1n) is 6.17. The molecular weight excluding hydrogens is 216 g/mol. The van der Waals surface area contributed by atoms with Crippen molar-refractivity contribution in [1.29, 1.82) is 0 Å². The number of hydrogen-bond donors (Lipinski definition) is 3. The predicted molar refractivity (Wildman–Crippen MR) is 65.1 cm³/mol. The fourth-order valence-corrected chi connectivity index (χ4v) is 2.90. The third kappa shape index (κ3) is 1.87. The molecule has 2 aliphatic heterocycles. The van der Waals surface area contributed by atoms with E-state index in [2.05, 4.69) is 5.32 Å². The van der Waals surface area contributed by atoms with E-state index in [1.54, 1.807) is 12.1 Å². The van der Waals surface area contributed by atoms with Crippen molar-refractivity contribution < 1.29 is 9.84 Å². The molecule has 1 aromatic carbocycles. The molecule has 1 fully saturated rings. The Labute approximate surface area is 101 Å². The number of phenols is 1. The van der Waals surface area contributed by atoms with E-state index in [1.165, 1.54) is 0 Å². The third-order valence-corrected chi connectivity index (χ3v) is 3.75. The van der Waals surface area contributed by atoms with E-state index in [-0.39, 0.29) is 17.4 Å². The summed E-state index contributed by atoms with van der Waals surface area (Å²) >= 11 is 0. The zero-order valence-corrected chi connectivity index (χ0v) is 9.78. The SMILES string of the molecule is NC1CC2(CCCNC2)Oc2cc(O)ccc21. The second-order valence-electron chi connectivity index (χ2n) is 5.10. The molecule has 1 aromatic rings. The van der Waals surface area contributed by atoms with Gasteiger partial charge in [-0.1, -0.05) is 6.07 Å². The average molecular weight is 234 g/mol. The van der Waals surface area contributed by atoms with Gasteiger partial charge in [-0.3, -0.25) is 0 Å². The van der Waals surface area contributed by atoms with Crippen LogP contribution in [0.4, 0.5) is 0 Å². The van der Waals surface area contributed by atoms with Crippen molar-refractivity contribution in [3.63, 3.8) is 0 Å². The van der Waals surface area contributed by atoms with Crippen LogP contribution in [0.5, 0.6) is 11.5 Å². The van der Waals surface area contributed by atoms with Crippen LogP contribution in [0.3, 0.4) is 0 Å². The second-order valence-corrected chi connectivity index (χ2v) is 5.10. The molecule has 0 saturated carbocycles. The Morgan fingerprint density at radius 1 is 1.47 bits per heavy atom. The largest absolute Gasteiger partial charge is 0.508 e. The van der Waals surface area contributed by atoms with Crippen molar-refractivity contribution in [2.75, 3.05) is 13.1 Å². The van der Waals surface area contributed by atoms with Crippen molar-refractivity contribution in [3.8, 4) is 11.5 Å². The normalized spacial score (nSPS) is 31.9. The summed E-state index contributed by atoms with van der Waals surface area (Å²) in [5.41, 5.74) is 7.03. The Bertz CT molecular complexity index is 427. The van der Waals surface area contributed by atoms with Gasteiger partial charge in [0, 0.05) is 30.6 Å². The molecule has 2 atom stereocenters. The van der Waals surface area contributed by atoms with Gasteiger partial charge in [0.2, 0.25) is 0 Å². The Kier molecular flexibility index (Phi) is 2.49. The highest BCUT2D eigenvalue weighted by atomic mass is 16.5. The zero-order chi connectivity index (χ0) is 11.9. The molecule has 4 N–H and O–H groups in total. The molecule has 2 aliphatic rings. The first-order chi connectivity index (χ1) is 8.19. The second kappa shape index (κ2) is 3.89. The minimum Gasteiger partial charge on any atom is -0.508 e. The molecule has 0 aromatic heterocycles. The molecule has 2 heterocycles. The van der Waals surface area contributed by atoms with Gasteiger partial charge < -0.3 is 20.9 Å². The van der Waals surface area contributed by atoms with Crippen LogP contribution in [-0.2, 0) is 0 Å². The van der Waals surface area contributed by atoms with Gasteiger partial charge in [-0.25, -0.2) is 0 Å². The summed E-state index contributed by atoms with van der Waals surface area (Å²) in [5.74, 6) is 0.976. The van der Waals surface area contributed by atoms with E-state index >= 15 is 0 Å². The molecule has 1 spiro atoms. The molecule has 0 bridgehead atoms. The van der Waals surface area contributed by atoms with Crippen molar-refractivity contribution in [2.24, 2.45) is 5.73 Å². The van der Waals surface area contributed by atoms with E-state index in [0.717, 1.165) is 43.7 Å². The van der Waals surface area contributed by atoms with Gasteiger partial charge in [0.05, 0.1) is 0 Å². The van der Waals surface area contributed by atoms with Gasteiger partial charge in [0.1, 0.15) is 17.1 Å². The molecule has 3 rings (SSSR count). The summed E-state index contributed by atoms with van der Waals surface area (Å²) in [4.78, 5) is 0. The van der Waals surface area contributed by atoms with Gasteiger partial charge in [-0.05, 0) is 25.5 Å². The average Bonchev–Trinajstić information content (AvgIpc) is 2.29. The molecule has 92 valence electrons. The monoisotopic (exact) mass is 234 g/mol. The van der Waals surface area contributed by atoms with Gasteiger partial charge in [0.15, 0.2) is 0 Å². The molecule has 0 amide bonds. The summed E-state index contributed by atoms with van der Waals surface area (Å²) in [6.45, 7) is 1.89. The first-order valence-corrected chi connectivity index (χ1v) is 6.17. The van der Waals surface area contributed by atoms with E-state index in [9.17, 15) is 5.11 Å². The fourth-order valence-electron chi connectivity index (χ4n) is 2.90. The standard InChI is InChI=1S/C13H18N2O2/c14-11-7-13(4-1-5-15-8-13)17-12-6-9(16)2-3-10(11)12/h2-3,6,11,15-16H,1,4-5,7-8,14H2. The van der Waals surface area contributed by atoms with E-state index in [1.807, 2.05) is 6.07 Å². The summed E-state index contributed by atoms with van der Waals surface area (Å²) in [7, 11) is 0. The van der Waals surface area contributed by atoms with Gasteiger partial charge >= 0.3 is 0 Å². The van der Waals surface area contributed by atoms with Crippen LogP contribution in [-0.4, -0.2) is 23.8 Å². The quantitative estimate of drug-likeness (QED) is 0.633. The highest BCUT2D eigenvalue weighted by molar-refractivity contribution is 5.44. The Balaban J connectivity index is 1.95. The predicted octanol–water partition coefficient (Wildman–Crippen LogP) is 1.30. The summed E-state index contributed by atoms with van der Waals surface area (Å²) < 4.78 is 6.11. The maximum atomic E-state index is 9.52. The molecule has 1 saturated heterocycles. The lowest BCUT2D eigenvalue weighted by atomic mass is 9.82. The molecule has 0 aliphatic carbocycles.